The summed E-state index contributed by atoms with van der Waals surface area (Å²) in [6.07, 6.45) is -0.00818. The number of benzene rings is 3. The van der Waals surface area contributed by atoms with Gasteiger partial charge >= 0.3 is 6.09 Å². The third kappa shape index (κ3) is 8.55. The zero-order valence-corrected chi connectivity index (χ0v) is 25.3. The van der Waals surface area contributed by atoms with Crippen LogP contribution in [0.1, 0.15) is 71.6 Å². The van der Waals surface area contributed by atoms with Crippen molar-refractivity contribution in [2.24, 2.45) is 5.73 Å². The van der Waals surface area contributed by atoms with Crippen molar-refractivity contribution in [3.63, 3.8) is 0 Å². The Morgan fingerprint density at radius 2 is 1.57 bits per heavy atom. The van der Waals surface area contributed by atoms with Crippen molar-refractivity contribution in [2.75, 3.05) is 5.32 Å². The summed E-state index contributed by atoms with van der Waals surface area (Å²) in [6.45, 7) is 10.8. The van der Waals surface area contributed by atoms with E-state index in [2.05, 4.69) is 10.6 Å². The van der Waals surface area contributed by atoms with Crippen LogP contribution in [-0.4, -0.2) is 46.4 Å². The molecule has 42 heavy (non-hydrogen) atoms. The molecule has 3 unspecified atom stereocenters. The average molecular weight is 575 g/mol. The molecule has 0 aromatic heterocycles. The highest BCUT2D eigenvalue weighted by molar-refractivity contribution is 6.01. The fourth-order valence-corrected chi connectivity index (χ4v) is 4.68. The quantitative estimate of drug-likeness (QED) is 0.279. The molecule has 224 valence electrons. The van der Waals surface area contributed by atoms with Crippen LogP contribution < -0.4 is 16.4 Å². The van der Waals surface area contributed by atoms with E-state index >= 15 is 0 Å². The Kier molecular flexibility index (Phi) is 10.7. The largest absolute Gasteiger partial charge is 0.444 e. The fourth-order valence-electron chi connectivity index (χ4n) is 4.68. The van der Waals surface area contributed by atoms with Crippen molar-refractivity contribution < 1.29 is 23.9 Å². The number of nitrogens with zero attached hydrogens (tertiary/aromatic N) is 1. The number of primary amides is 1. The first-order chi connectivity index (χ1) is 19.8. The maximum absolute atomic E-state index is 14.2. The van der Waals surface area contributed by atoms with Crippen molar-refractivity contribution in [1.29, 1.82) is 0 Å². The number of nitrogens with one attached hydrogen (secondary N) is 2. The van der Waals surface area contributed by atoms with Gasteiger partial charge in [-0.25, -0.2) is 4.79 Å². The minimum absolute atomic E-state index is 0.432. The van der Waals surface area contributed by atoms with Crippen molar-refractivity contribution >= 4 is 40.3 Å². The van der Waals surface area contributed by atoms with E-state index in [9.17, 15) is 19.2 Å². The van der Waals surface area contributed by atoms with Gasteiger partial charge in [0, 0.05) is 11.7 Å². The zero-order chi connectivity index (χ0) is 31.0. The smallest absolute Gasteiger partial charge is 0.408 e. The standard InChI is InChI=1S/C33H42N4O5/c1-7-21(3)37(31(40)27(20-28(34)38)36-32(41)42-33(4,5)6)29(24-15-13-22(8-2)14-16-24)30(39)35-26-18-17-23-11-9-10-12-25(23)19-26/h9-19,21,27,29H,7-8,20H2,1-6H3,(H2,34,38)(H,35,39)(H,36,41). The number of hydrogen-bond donors (Lipinski definition) is 3. The van der Waals surface area contributed by atoms with Crippen LogP contribution in [0.15, 0.2) is 66.7 Å². The van der Waals surface area contributed by atoms with Gasteiger partial charge in [-0.1, -0.05) is 68.4 Å². The molecule has 9 heteroatoms. The Bertz CT molecular complexity index is 1410. The van der Waals surface area contributed by atoms with Gasteiger partial charge in [-0.2, -0.15) is 0 Å². The van der Waals surface area contributed by atoms with E-state index in [1.54, 1.807) is 20.8 Å². The molecule has 4 N–H and O–H groups in total. The molecule has 0 fully saturated rings. The number of carbonyl (C=O) groups excluding carboxylic acids is 4. The number of anilines is 1. The number of amides is 4. The molecule has 0 aliphatic carbocycles. The van der Waals surface area contributed by atoms with E-state index in [0.717, 1.165) is 22.8 Å². The Labute approximate surface area is 247 Å². The van der Waals surface area contributed by atoms with Crippen LogP contribution in [0.5, 0.6) is 0 Å². The van der Waals surface area contributed by atoms with E-state index < -0.39 is 54.0 Å². The Hall–Kier alpha value is -4.40. The van der Waals surface area contributed by atoms with Crippen LogP contribution in [0.4, 0.5) is 10.5 Å². The van der Waals surface area contributed by atoms with E-state index in [-0.39, 0.29) is 0 Å². The van der Waals surface area contributed by atoms with E-state index in [1.165, 1.54) is 4.90 Å². The summed E-state index contributed by atoms with van der Waals surface area (Å²) in [6, 6.07) is 18.1. The minimum Gasteiger partial charge on any atom is -0.444 e. The fraction of sp³-hybridized carbons (Fsp3) is 0.394. The van der Waals surface area contributed by atoms with Gasteiger partial charge < -0.3 is 26.0 Å². The molecule has 9 nitrogen and oxygen atoms in total. The molecule has 3 atom stereocenters. The first-order valence-corrected chi connectivity index (χ1v) is 14.3. The predicted octanol–water partition coefficient (Wildman–Crippen LogP) is 5.48. The second-order valence-electron chi connectivity index (χ2n) is 11.4. The molecule has 0 radical (unpaired) electrons. The number of alkyl carbamates (subject to hydrolysis) is 1. The molecule has 3 aromatic carbocycles. The number of hydrogen-bond acceptors (Lipinski definition) is 5. The number of carbonyl (C=O) groups is 4. The maximum atomic E-state index is 14.2. The van der Waals surface area contributed by atoms with Gasteiger partial charge in [-0.3, -0.25) is 14.4 Å². The van der Waals surface area contributed by atoms with Crippen LogP contribution in [0, 0.1) is 0 Å². The lowest BCUT2D eigenvalue weighted by atomic mass is 9.97. The van der Waals surface area contributed by atoms with Crippen LogP contribution >= 0.6 is 0 Å². The second-order valence-corrected chi connectivity index (χ2v) is 11.4. The average Bonchev–Trinajstić information content (AvgIpc) is 2.93. The highest BCUT2D eigenvalue weighted by atomic mass is 16.6. The molecule has 0 spiro atoms. The molecule has 0 saturated heterocycles. The number of fused-ring (bicyclic) bond motifs is 1. The molecule has 0 aliphatic rings. The molecule has 0 bridgehead atoms. The Morgan fingerprint density at radius 1 is 0.929 bits per heavy atom. The number of ether oxygens (including phenoxy) is 1. The summed E-state index contributed by atoms with van der Waals surface area (Å²) in [7, 11) is 0. The summed E-state index contributed by atoms with van der Waals surface area (Å²) >= 11 is 0. The first-order valence-electron chi connectivity index (χ1n) is 14.3. The van der Waals surface area contributed by atoms with Crippen LogP contribution in [0.25, 0.3) is 10.8 Å². The topological polar surface area (TPSA) is 131 Å². The van der Waals surface area contributed by atoms with Crippen molar-refractivity contribution in [3.8, 4) is 0 Å². The van der Waals surface area contributed by atoms with Gasteiger partial charge in [0.25, 0.3) is 5.91 Å². The van der Waals surface area contributed by atoms with Gasteiger partial charge in [0.2, 0.25) is 11.8 Å². The van der Waals surface area contributed by atoms with Gasteiger partial charge in [0.1, 0.15) is 17.7 Å². The third-order valence-corrected chi connectivity index (χ3v) is 6.96. The number of aryl methyl sites for hydroxylation is 1. The van der Waals surface area contributed by atoms with Crippen molar-refractivity contribution in [3.05, 3.63) is 77.9 Å². The molecular formula is C33H42N4O5. The summed E-state index contributed by atoms with van der Waals surface area (Å²) < 4.78 is 5.35. The van der Waals surface area contributed by atoms with Crippen LogP contribution in [0.2, 0.25) is 0 Å². The van der Waals surface area contributed by atoms with E-state index in [0.29, 0.717) is 17.7 Å². The molecule has 0 heterocycles. The van der Waals surface area contributed by atoms with Gasteiger partial charge in [0.15, 0.2) is 0 Å². The van der Waals surface area contributed by atoms with Gasteiger partial charge in [0.05, 0.1) is 6.42 Å². The Morgan fingerprint density at radius 3 is 2.14 bits per heavy atom. The number of rotatable bonds is 11. The van der Waals surface area contributed by atoms with E-state index in [4.69, 9.17) is 10.5 Å². The summed E-state index contributed by atoms with van der Waals surface area (Å²) in [5.41, 5.74) is 6.90. The van der Waals surface area contributed by atoms with Crippen LogP contribution in [-0.2, 0) is 25.5 Å². The molecule has 3 rings (SSSR count). The minimum atomic E-state index is -1.34. The summed E-state index contributed by atoms with van der Waals surface area (Å²) in [4.78, 5) is 54.5. The summed E-state index contributed by atoms with van der Waals surface area (Å²) in [5.74, 6) is -1.83. The molecular weight excluding hydrogens is 532 g/mol. The monoisotopic (exact) mass is 574 g/mol. The molecule has 4 amide bonds. The molecule has 3 aromatic rings. The lowest BCUT2D eigenvalue weighted by Crippen LogP contribution is -2.55. The summed E-state index contributed by atoms with van der Waals surface area (Å²) in [5, 5.41) is 7.49. The van der Waals surface area contributed by atoms with Crippen LogP contribution in [0.3, 0.4) is 0 Å². The Balaban J connectivity index is 2.06. The van der Waals surface area contributed by atoms with Gasteiger partial charge in [-0.05, 0) is 74.6 Å². The van der Waals surface area contributed by atoms with Gasteiger partial charge in [-0.15, -0.1) is 0 Å². The maximum Gasteiger partial charge on any atom is 0.408 e. The lowest BCUT2D eigenvalue weighted by molar-refractivity contribution is -0.144. The van der Waals surface area contributed by atoms with Crippen molar-refractivity contribution in [2.45, 2.75) is 84.5 Å². The predicted molar refractivity (Wildman–Crippen MR) is 165 cm³/mol. The highest BCUT2D eigenvalue weighted by Crippen LogP contribution is 2.29. The highest BCUT2D eigenvalue weighted by Gasteiger charge is 2.39. The zero-order valence-electron chi connectivity index (χ0n) is 25.3. The first kappa shape index (κ1) is 32.1. The molecule has 0 saturated carbocycles. The second kappa shape index (κ2) is 14.0. The third-order valence-electron chi connectivity index (χ3n) is 6.96. The van der Waals surface area contributed by atoms with E-state index in [1.807, 2.05) is 87.5 Å². The lowest BCUT2D eigenvalue weighted by Gasteiger charge is -2.38. The molecule has 0 aliphatic heterocycles. The normalized spacial score (nSPS) is 13.5. The SMILES string of the molecule is CCc1ccc(C(C(=O)Nc2ccc3ccccc3c2)N(C(=O)C(CC(N)=O)NC(=O)OC(C)(C)C)C(C)CC)cc1. The van der Waals surface area contributed by atoms with Crippen molar-refractivity contribution in [1.82, 2.24) is 10.2 Å². The number of nitrogens with two attached hydrogens (primary N) is 1.